The first-order chi connectivity index (χ1) is 13.2. The number of alkyl halides is 3. The van der Waals surface area contributed by atoms with Crippen molar-refractivity contribution in [3.8, 4) is 11.8 Å². The second-order valence-electron chi connectivity index (χ2n) is 5.84. The molecule has 28 heavy (non-hydrogen) atoms. The minimum Gasteiger partial charge on any atom is -0.459 e. The van der Waals surface area contributed by atoms with Crippen LogP contribution < -0.4 is 15.0 Å². The monoisotopic (exact) mass is 392 g/mol. The quantitative estimate of drug-likeness (QED) is 0.701. The number of furan rings is 1. The Hall–Kier alpha value is -3.56. The van der Waals surface area contributed by atoms with Gasteiger partial charge in [-0.15, -0.1) is 0 Å². The van der Waals surface area contributed by atoms with E-state index in [0.29, 0.717) is 5.69 Å². The van der Waals surface area contributed by atoms with Crippen LogP contribution in [-0.2, 0) is 6.18 Å². The molecular weight excluding hydrogens is 377 g/mol. The summed E-state index contributed by atoms with van der Waals surface area (Å²) in [6.45, 7) is 0. The van der Waals surface area contributed by atoms with E-state index in [1.54, 1.807) is 20.2 Å². The molecule has 7 nitrogen and oxygen atoms in total. The zero-order valence-electron chi connectivity index (χ0n) is 14.8. The summed E-state index contributed by atoms with van der Waals surface area (Å²) in [5.41, 5.74) is -0.656. The van der Waals surface area contributed by atoms with Crippen molar-refractivity contribution in [2.45, 2.75) is 6.18 Å². The van der Waals surface area contributed by atoms with E-state index in [4.69, 9.17) is 9.15 Å². The van der Waals surface area contributed by atoms with E-state index < -0.39 is 23.8 Å². The van der Waals surface area contributed by atoms with Gasteiger partial charge in [-0.25, -0.2) is 0 Å². The minimum absolute atomic E-state index is 0.0552. The standard InChI is InChI=1S/C18H15F3N4O3/c1-25(2)15-10-14(18(19,20)21)23-17(24-15)28-12-7-5-11(6-8-12)22-16(26)13-4-3-9-27-13/h3-10H,1-2H3,(H,22,26). The van der Waals surface area contributed by atoms with Crippen LogP contribution >= 0.6 is 0 Å². The Kier molecular flexibility index (Phi) is 5.21. The molecule has 0 bridgehead atoms. The number of carbonyl (C=O) groups is 1. The first kappa shape index (κ1) is 19.2. The molecule has 1 amide bonds. The first-order valence-corrected chi connectivity index (χ1v) is 7.99. The van der Waals surface area contributed by atoms with E-state index in [2.05, 4.69) is 15.3 Å². The molecule has 0 atom stereocenters. The molecule has 0 spiro atoms. The summed E-state index contributed by atoms with van der Waals surface area (Å²) in [6, 6.07) is 9.48. The summed E-state index contributed by atoms with van der Waals surface area (Å²) in [5, 5.41) is 2.61. The van der Waals surface area contributed by atoms with Gasteiger partial charge in [0.25, 0.3) is 5.91 Å². The first-order valence-electron chi connectivity index (χ1n) is 7.99. The largest absolute Gasteiger partial charge is 0.459 e. The van der Waals surface area contributed by atoms with Crippen LogP contribution in [-0.4, -0.2) is 30.0 Å². The third-order valence-electron chi connectivity index (χ3n) is 3.51. The highest BCUT2D eigenvalue weighted by Gasteiger charge is 2.34. The van der Waals surface area contributed by atoms with Gasteiger partial charge >= 0.3 is 12.2 Å². The van der Waals surface area contributed by atoms with Crippen LogP contribution in [0.3, 0.4) is 0 Å². The van der Waals surface area contributed by atoms with Gasteiger partial charge in [-0.1, -0.05) is 0 Å². The van der Waals surface area contributed by atoms with Crippen LogP contribution in [0.25, 0.3) is 0 Å². The second kappa shape index (κ2) is 7.59. The average Bonchev–Trinajstić information content (AvgIpc) is 3.17. The fraction of sp³-hybridized carbons (Fsp3) is 0.167. The Bertz CT molecular complexity index is 955. The minimum atomic E-state index is -4.63. The molecule has 1 N–H and O–H groups in total. The Balaban J connectivity index is 1.76. The van der Waals surface area contributed by atoms with Crippen molar-refractivity contribution in [1.82, 2.24) is 9.97 Å². The second-order valence-corrected chi connectivity index (χ2v) is 5.84. The Morgan fingerprint density at radius 3 is 2.43 bits per heavy atom. The highest BCUT2D eigenvalue weighted by atomic mass is 19.4. The highest BCUT2D eigenvalue weighted by Crippen LogP contribution is 2.31. The smallest absolute Gasteiger partial charge is 0.433 e. The van der Waals surface area contributed by atoms with Gasteiger partial charge in [0.1, 0.15) is 11.6 Å². The molecule has 1 aromatic carbocycles. The molecule has 0 aliphatic carbocycles. The lowest BCUT2D eigenvalue weighted by Gasteiger charge is -2.15. The molecular formula is C18H15F3N4O3. The number of ether oxygens (including phenoxy) is 1. The molecule has 2 heterocycles. The molecule has 3 aromatic rings. The third kappa shape index (κ3) is 4.58. The molecule has 0 radical (unpaired) electrons. The summed E-state index contributed by atoms with van der Waals surface area (Å²) in [4.78, 5) is 20.7. The number of hydrogen-bond donors (Lipinski definition) is 1. The van der Waals surface area contributed by atoms with Crippen molar-refractivity contribution in [2.75, 3.05) is 24.3 Å². The molecule has 0 fully saturated rings. The predicted octanol–water partition coefficient (Wildman–Crippen LogP) is 4.20. The van der Waals surface area contributed by atoms with Crippen LogP contribution in [0, 0.1) is 0 Å². The van der Waals surface area contributed by atoms with Crippen molar-refractivity contribution in [3.63, 3.8) is 0 Å². The van der Waals surface area contributed by atoms with Gasteiger partial charge in [-0.05, 0) is 36.4 Å². The van der Waals surface area contributed by atoms with Crippen molar-refractivity contribution < 1.29 is 27.1 Å². The number of aromatic nitrogens is 2. The van der Waals surface area contributed by atoms with Crippen molar-refractivity contribution in [2.24, 2.45) is 0 Å². The van der Waals surface area contributed by atoms with Gasteiger partial charge < -0.3 is 19.4 Å². The van der Waals surface area contributed by atoms with Crippen LogP contribution in [0.1, 0.15) is 16.2 Å². The fourth-order valence-electron chi connectivity index (χ4n) is 2.15. The highest BCUT2D eigenvalue weighted by molar-refractivity contribution is 6.02. The average molecular weight is 392 g/mol. The lowest BCUT2D eigenvalue weighted by molar-refractivity contribution is -0.141. The number of amides is 1. The van der Waals surface area contributed by atoms with E-state index in [-0.39, 0.29) is 17.3 Å². The SMILES string of the molecule is CN(C)c1cc(C(F)(F)F)nc(Oc2ccc(NC(=O)c3ccco3)cc2)n1. The Labute approximate surface area is 157 Å². The van der Waals surface area contributed by atoms with E-state index in [9.17, 15) is 18.0 Å². The number of benzene rings is 1. The van der Waals surface area contributed by atoms with Gasteiger partial charge in [0.15, 0.2) is 11.5 Å². The molecule has 2 aromatic heterocycles. The molecule has 3 rings (SSSR count). The maximum absolute atomic E-state index is 13.0. The predicted molar refractivity (Wildman–Crippen MR) is 94.5 cm³/mol. The van der Waals surface area contributed by atoms with Crippen LogP contribution in [0.5, 0.6) is 11.8 Å². The fourth-order valence-corrected chi connectivity index (χ4v) is 2.15. The van der Waals surface area contributed by atoms with Gasteiger partial charge in [-0.2, -0.15) is 23.1 Å². The normalized spacial score (nSPS) is 11.2. The van der Waals surface area contributed by atoms with E-state index in [0.717, 1.165) is 6.07 Å². The van der Waals surface area contributed by atoms with Crippen molar-refractivity contribution in [3.05, 3.63) is 60.2 Å². The van der Waals surface area contributed by atoms with Crippen molar-refractivity contribution >= 4 is 17.4 Å². The number of halogens is 3. The van der Waals surface area contributed by atoms with Gasteiger partial charge in [-0.3, -0.25) is 4.79 Å². The van der Waals surface area contributed by atoms with Crippen LogP contribution in [0.2, 0.25) is 0 Å². The lowest BCUT2D eigenvalue weighted by Crippen LogP contribution is -2.16. The summed E-state index contributed by atoms with van der Waals surface area (Å²) >= 11 is 0. The van der Waals surface area contributed by atoms with Gasteiger partial charge in [0.2, 0.25) is 0 Å². The third-order valence-corrected chi connectivity index (χ3v) is 3.51. The van der Waals surface area contributed by atoms with E-state index in [1.165, 1.54) is 41.5 Å². The molecule has 0 aliphatic rings. The summed E-state index contributed by atoms with van der Waals surface area (Å²) in [6.07, 6.45) is -3.26. The lowest BCUT2D eigenvalue weighted by atomic mass is 10.3. The summed E-state index contributed by atoms with van der Waals surface area (Å²) in [5.74, 6) is -0.0240. The molecule has 10 heteroatoms. The zero-order valence-corrected chi connectivity index (χ0v) is 14.8. The number of carbonyl (C=O) groups excluding carboxylic acids is 1. The number of nitrogens with one attached hydrogen (secondary N) is 1. The molecule has 0 saturated carbocycles. The Morgan fingerprint density at radius 1 is 1.14 bits per heavy atom. The maximum atomic E-state index is 13.0. The number of hydrogen-bond acceptors (Lipinski definition) is 6. The molecule has 0 unspecified atom stereocenters. The topological polar surface area (TPSA) is 80.5 Å². The Morgan fingerprint density at radius 2 is 1.86 bits per heavy atom. The molecule has 0 aliphatic heterocycles. The van der Waals surface area contributed by atoms with E-state index in [1.807, 2.05) is 0 Å². The zero-order chi connectivity index (χ0) is 20.3. The maximum Gasteiger partial charge on any atom is 0.433 e. The summed E-state index contributed by atoms with van der Waals surface area (Å²) in [7, 11) is 3.12. The van der Waals surface area contributed by atoms with Crippen molar-refractivity contribution in [1.29, 1.82) is 0 Å². The van der Waals surface area contributed by atoms with Crippen LogP contribution in [0.4, 0.5) is 24.7 Å². The van der Waals surface area contributed by atoms with Crippen LogP contribution in [0.15, 0.2) is 53.1 Å². The van der Waals surface area contributed by atoms with Gasteiger partial charge in [0.05, 0.1) is 6.26 Å². The number of nitrogens with zero attached hydrogens (tertiary/aromatic N) is 3. The summed E-state index contributed by atoms with van der Waals surface area (Å²) < 4.78 is 49.4. The number of rotatable bonds is 5. The van der Waals surface area contributed by atoms with E-state index >= 15 is 0 Å². The molecule has 146 valence electrons. The van der Waals surface area contributed by atoms with Gasteiger partial charge in [0, 0.05) is 25.8 Å². The molecule has 0 saturated heterocycles. The number of anilines is 2.